The Morgan fingerprint density at radius 2 is 1.39 bits per heavy atom. The molecule has 0 radical (unpaired) electrons. The highest BCUT2D eigenvalue weighted by Gasteiger charge is 2.30. The molecule has 2 nitrogen and oxygen atoms in total. The Kier molecular flexibility index (Phi) is 5.67. The summed E-state index contributed by atoms with van der Waals surface area (Å²) in [6.07, 6.45) is 7.78. The fourth-order valence-electron chi connectivity index (χ4n) is 3.52. The lowest BCUT2D eigenvalue weighted by Gasteiger charge is -2.15. The maximum Gasteiger partial charge on any atom is 0.0459 e. The highest BCUT2D eigenvalue weighted by atomic mass is 16.3. The number of nitrogens with two attached hydrogens (primary N) is 1. The second-order valence-corrected chi connectivity index (χ2v) is 7.96. The molecule has 2 heteroatoms. The first kappa shape index (κ1) is 16.0. The topological polar surface area (TPSA) is 46.2 Å². The van der Waals surface area contributed by atoms with Gasteiger partial charge in [-0.3, -0.25) is 0 Å². The zero-order valence-corrected chi connectivity index (χ0v) is 12.8. The van der Waals surface area contributed by atoms with E-state index in [9.17, 15) is 0 Å². The third-order valence-electron chi connectivity index (χ3n) is 4.73. The summed E-state index contributed by atoms with van der Waals surface area (Å²) in [5.74, 6) is 1.42. The van der Waals surface area contributed by atoms with Crippen molar-refractivity contribution in [2.24, 2.45) is 28.4 Å². The second-order valence-electron chi connectivity index (χ2n) is 7.96. The van der Waals surface area contributed by atoms with Gasteiger partial charge in [-0.1, -0.05) is 27.7 Å². The normalized spacial score (nSPS) is 33.0. The highest BCUT2D eigenvalue weighted by molar-refractivity contribution is 4.82. The average Bonchev–Trinajstić information content (AvgIpc) is 2.81. The van der Waals surface area contributed by atoms with Gasteiger partial charge in [0.25, 0.3) is 0 Å². The lowest BCUT2D eigenvalue weighted by Crippen LogP contribution is -2.12. The minimum atomic E-state index is 0.392. The predicted molar refractivity (Wildman–Crippen MR) is 78.4 cm³/mol. The van der Waals surface area contributed by atoms with Gasteiger partial charge in [0.05, 0.1) is 0 Å². The zero-order valence-electron chi connectivity index (χ0n) is 12.8. The number of aliphatic hydroxyl groups excluding tert-OH is 1. The van der Waals surface area contributed by atoms with Crippen molar-refractivity contribution in [1.29, 1.82) is 0 Å². The molecule has 0 amide bonds. The Bertz CT molecular complexity index is 221. The number of aliphatic hydroxyl groups is 1. The van der Waals surface area contributed by atoms with Crippen molar-refractivity contribution in [3.8, 4) is 0 Å². The van der Waals surface area contributed by atoms with Crippen LogP contribution in [-0.4, -0.2) is 18.3 Å². The van der Waals surface area contributed by atoms with E-state index in [2.05, 4.69) is 27.7 Å². The smallest absolute Gasteiger partial charge is 0.0459 e. The van der Waals surface area contributed by atoms with E-state index in [4.69, 9.17) is 10.8 Å². The van der Waals surface area contributed by atoms with Crippen LogP contribution in [0.5, 0.6) is 0 Å². The van der Waals surface area contributed by atoms with E-state index in [0.29, 0.717) is 23.4 Å². The van der Waals surface area contributed by atoms with Gasteiger partial charge in [-0.2, -0.15) is 0 Å². The van der Waals surface area contributed by atoms with Crippen LogP contribution >= 0.6 is 0 Å². The van der Waals surface area contributed by atoms with Crippen LogP contribution in [0.25, 0.3) is 0 Å². The first-order chi connectivity index (χ1) is 8.28. The van der Waals surface area contributed by atoms with Crippen LogP contribution in [-0.2, 0) is 0 Å². The summed E-state index contributed by atoms with van der Waals surface area (Å²) >= 11 is 0. The fourth-order valence-corrected chi connectivity index (χ4v) is 3.52. The molecule has 0 aromatic carbocycles. The van der Waals surface area contributed by atoms with Crippen LogP contribution < -0.4 is 5.73 Å². The standard InChI is InChI=1S/C8H17N.C8H16O/c2*1-8(2)4-3-7(5-8)6-9/h7H,3-6,9H2,1-2H3;7,9H,3-6H2,1-2H3. The monoisotopic (exact) mass is 255 g/mol. The van der Waals surface area contributed by atoms with Crippen molar-refractivity contribution in [2.45, 2.75) is 66.2 Å². The Hall–Kier alpha value is -0.0800. The second kappa shape index (κ2) is 6.38. The van der Waals surface area contributed by atoms with Gasteiger partial charge in [0.1, 0.15) is 0 Å². The van der Waals surface area contributed by atoms with Crippen LogP contribution in [0.15, 0.2) is 0 Å². The molecule has 18 heavy (non-hydrogen) atoms. The molecule has 2 unspecified atom stereocenters. The SMILES string of the molecule is CC1(C)CCC(CN)C1.CC1(C)CCC(CO)C1. The van der Waals surface area contributed by atoms with Crippen LogP contribution in [0.1, 0.15) is 66.2 Å². The van der Waals surface area contributed by atoms with Gasteiger partial charge in [-0.25, -0.2) is 0 Å². The highest BCUT2D eigenvalue weighted by Crippen LogP contribution is 2.40. The molecule has 3 N–H and O–H groups in total. The molecular weight excluding hydrogens is 222 g/mol. The lowest BCUT2D eigenvalue weighted by molar-refractivity contribution is 0.218. The minimum absolute atomic E-state index is 0.392. The Labute approximate surface area is 113 Å². The van der Waals surface area contributed by atoms with Crippen LogP contribution in [0.2, 0.25) is 0 Å². The molecule has 2 aliphatic carbocycles. The molecule has 0 spiro atoms. The van der Waals surface area contributed by atoms with Crippen molar-refractivity contribution < 1.29 is 5.11 Å². The van der Waals surface area contributed by atoms with Gasteiger partial charge in [0, 0.05) is 6.61 Å². The third kappa shape index (κ3) is 5.27. The molecule has 2 rings (SSSR count). The third-order valence-corrected chi connectivity index (χ3v) is 4.73. The van der Waals surface area contributed by atoms with Crippen molar-refractivity contribution in [2.75, 3.05) is 13.2 Å². The summed E-state index contributed by atoms with van der Waals surface area (Å²) < 4.78 is 0. The Balaban J connectivity index is 0.000000180. The van der Waals surface area contributed by atoms with E-state index >= 15 is 0 Å². The average molecular weight is 255 g/mol. The van der Waals surface area contributed by atoms with Crippen LogP contribution in [0, 0.1) is 22.7 Å². The van der Waals surface area contributed by atoms with Gasteiger partial charge in [0.15, 0.2) is 0 Å². The van der Waals surface area contributed by atoms with E-state index in [-0.39, 0.29) is 0 Å². The summed E-state index contributed by atoms with van der Waals surface area (Å²) in [6, 6.07) is 0. The predicted octanol–water partition coefficient (Wildman–Crippen LogP) is 3.58. The Morgan fingerprint density at radius 3 is 1.56 bits per heavy atom. The van der Waals surface area contributed by atoms with E-state index in [1.165, 1.54) is 38.5 Å². The summed E-state index contributed by atoms with van der Waals surface area (Å²) in [5.41, 5.74) is 6.65. The largest absolute Gasteiger partial charge is 0.396 e. The molecule has 2 aliphatic rings. The maximum absolute atomic E-state index is 8.80. The maximum atomic E-state index is 8.80. The summed E-state index contributed by atoms with van der Waals surface area (Å²) in [5, 5.41) is 8.80. The van der Waals surface area contributed by atoms with E-state index in [0.717, 1.165) is 12.5 Å². The molecule has 2 atom stereocenters. The molecule has 108 valence electrons. The zero-order chi connectivity index (χ0) is 13.8. The van der Waals surface area contributed by atoms with Crippen molar-refractivity contribution in [3.63, 3.8) is 0 Å². The van der Waals surface area contributed by atoms with E-state index in [1.807, 2.05) is 0 Å². The first-order valence-corrected chi connectivity index (χ1v) is 7.59. The number of rotatable bonds is 2. The van der Waals surface area contributed by atoms with Gasteiger partial charge >= 0.3 is 0 Å². The summed E-state index contributed by atoms with van der Waals surface area (Å²) in [4.78, 5) is 0. The molecule has 0 saturated heterocycles. The molecule has 0 aromatic heterocycles. The molecule has 0 heterocycles. The van der Waals surface area contributed by atoms with Gasteiger partial charge in [-0.05, 0) is 67.7 Å². The molecule has 0 aliphatic heterocycles. The van der Waals surface area contributed by atoms with Gasteiger partial charge in [0.2, 0.25) is 0 Å². The first-order valence-electron chi connectivity index (χ1n) is 7.59. The molecule has 0 bridgehead atoms. The quantitative estimate of drug-likeness (QED) is 0.792. The van der Waals surface area contributed by atoms with E-state index < -0.39 is 0 Å². The fraction of sp³-hybridized carbons (Fsp3) is 1.00. The van der Waals surface area contributed by atoms with Crippen molar-refractivity contribution >= 4 is 0 Å². The molecule has 2 saturated carbocycles. The summed E-state index contributed by atoms with van der Waals surface area (Å²) in [6.45, 7) is 10.5. The number of hydrogen-bond donors (Lipinski definition) is 2. The van der Waals surface area contributed by atoms with Gasteiger partial charge in [-0.15, -0.1) is 0 Å². The molecule has 0 aromatic rings. The lowest BCUT2D eigenvalue weighted by atomic mass is 9.91. The minimum Gasteiger partial charge on any atom is -0.396 e. The van der Waals surface area contributed by atoms with Crippen LogP contribution in [0.3, 0.4) is 0 Å². The summed E-state index contributed by atoms with van der Waals surface area (Å²) in [7, 11) is 0. The van der Waals surface area contributed by atoms with E-state index in [1.54, 1.807) is 0 Å². The molecule has 2 fully saturated rings. The van der Waals surface area contributed by atoms with Crippen LogP contribution in [0.4, 0.5) is 0 Å². The van der Waals surface area contributed by atoms with Gasteiger partial charge < -0.3 is 10.8 Å². The Morgan fingerprint density at radius 1 is 0.944 bits per heavy atom. The van der Waals surface area contributed by atoms with Crippen molar-refractivity contribution in [3.05, 3.63) is 0 Å². The van der Waals surface area contributed by atoms with Crippen molar-refractivity contribution in [1.82, 2.24) is 0 Å². The molecular formula is C16H33NO. The number of hydrogen-bond acceptors (Lipinski definition) is 2.